The molecule has 31 heavy (non-hydrogen) atoms. The number of nitrogens with zero attached hydrogens (tertiary/aromatic N) is 3. The Labute approximate surface area is 181 Å². The summed E-state index contributed by atoms with van der Waals surface area (Å²) in [6.45, 7) is 0.230. The molecule has 0 aliphatic carbocycles. The monoisotopic (exact) mass is 410 g/mol. The number of aromatic nitrogens is 1. The van der Waals surface area contributed by atoms with Crippen molar-refractivity contribution in [3.63, 3.8) is 0 Å². The quantitative estimate of drug-likeness (QED) is 0.317. The van der Waals surface area contributed by atoms with Crippen LogP contribution in [0.4, 0.5) is 17.2 Å². The summed E-state index contributed by atoms with van der Waals surface area (Å²) in [4.78, 5) is 15.5. The number of esters is 1. The summed E-state index contributed by atoms with van der Waals surface area (Å²) in [7, 11) is 0. The molecule has 0 atom stereocenters. The minimum absolute atomic E-state index is 0.186. The van der Waals surface area contributed by atoms with Crippen molar-refractivity contribution in [2.45, 2.75) is 6.61 Å². The molecule has 1 aromatic heterocycles. The normalized spacial score (nSPS) is 10.2. The lowest BCUT2D eigenvalue weighted by molar-refractivity contribution is 0.0473. The molecule has 4 aromatic rings. The average molecular weight is 410 g/mol. The maximum absolute atomic E-state index is 11.7. The van der Waals surface area contributed by atoms with E-state index in [1.807, 2.05) is 91.0 Å². The van der Waals surface area contributed by atoms with Gasteiger partial charge in [-0.25, -0.2) is 9.78 Å². The van der Waals surface area contributed by atoms with Crippen LogP contribution in [0.5, 0.6) is 0 Å². The first-order valence-electron chi connectivity index (χ1n) is 9.66. The SMILES string of the molecule is Nc1ncccc1C(=O)OCc1ccccc1.c1ccc(N=Nc2ccccc2)cc1. The van der Waals surface area contributed by atoms with Gasteiger partial charge in [0.2, 0.25) is 0 Å². The number of ether oxygens (including phenoxy) is 1. The smallest absolute Gasteiger partial charge is 0.342 e. The number of azo groups is 1. The van der Waals surface area contributed by atoms with Gasteiger partial charge in [-0.05, 0) is 42.0 Å². The molecule has 6 nitrogen and oxygen atoms in total. The Morgan fingerprint density at radius 3 is 1.77 bits per heavy atom. The first kappa shape index (κ1) is 21.4. The van der Waals surface area contributed by atoms with Crippen molar-refractivity contribution in [2.75, 3.05) is 5.73 Å². The van der Waals surface area contributed by atoms with Crippen LogP contribution in [0.15, 0.2) is 120 Å². The van der Waals surface area contributed by atoms with Gasteiger partial charge in [0.15, 0.2) is 0 Å². The Bertz CT molecular complexity index is 1060. The highest BCUT2D eigenvalue weighted by Crippen LogP contribution is 2.16. The topological polar surface area (TPSA) is 89.9 Å². The largest absolute Gasteiger partial charge is 0.457 e. The van der Waals surface area contributed by atoms with Gasteiger partial charge in [-0.1, -0.05) is 66.7 Å². The summed E-state index contributed by atoms with van der Waals surface area (Å²) in [6.07, 6.45) is 1.53. The lowest BCUT2D eigenvalue weighted by Crippen LogP contribution is -2.09. The minimum atomic E-state index is -0.459. The summed E-state index contributed by atoms with van der Waals surface area (Å²) >= 11 is 0. The third-order valence-electron chi connectivity index (χ3n) is 4.06. The molecule has 0 amide bonds. The summed E-state index contributed by atoms with van der Waals surface area (Å²) in [5, 5.41) is 8.20. The zero-order valence-corrected chi connectivity index (χ0v) is 16.8. The highest BCUT2D eigenvalue weighted by atomic mass is 16.5. The van der Waals surface area contributed by atoms with E-state index in [9.17, 15) is 4.79 Å². The zero-order valence-electron chi connectivity index (χ0n) is 16.8. The number of nitrogen functional groups attached to an aromatic ring is 1. The predicted molar refractivity (Wildman–Crippen MR) is 121 cm³/mol. The van der Waals surface area contributed by atoms with E-state index in [0.29, 0.717) is 5.56 Å². The van der Waals surface area contributed by atoms with E-state index in [2.05, 4.69) is 15.2 Å². The third kappa shape index (κ3) is 7.21. The molecule has 0 aliphatic rings. The maximum Gasteiger partial charge on any atom is 0.342 e. The Morgan fingerprint density at radius 2 is 1.26 bits per heavy atom. The number of pyridine rings is 1. The molecule has 0 spiro atoms. The lowest BCUT2D eigenvalue weighted by atomic mass is 10.2. The third-order valence-corrected chi connectivity index (χ3v) is 4.06. The molecule has 0 aliphatic heterocycles. The minimum Gasteiger partial charge on any atom is -0.457 e. The van der Waals surface area contributed by atoms with Gasteiger partial charge in [-0.15, -0.1) is 0 Å². The lowest BCUT2D eigenvalue weighted by Gasteiger charge is -2.05. The number of rotatable bonds is 5. The standard InChI is InChI=1S/C13H12N2O2.C12H10N2/c14-12-11(7-4-8-15-12)13(16)17-9-10-5-2-1-3-6-10;1-3-7-11(8-4-1)13-14-12-9-5-2-6-10-12/h1-8H,9H2,(H2,14,15);1-10H. The fraction of sp³-hybridized carbons (Fsp3) is 0.0400. The van der Waals surface area contributed by atoms with Gasteiger partial charge in [-0.2, -0.15) is 10.2 Å². The van der Waals surface area contributed by atoms with Crippen LogP contribution in [-0.4, -0.2) is 11.0 Å². The molecule has 6 heteroatoms. The van der Waals surface area contributed by atoms with Crippen molar-refractivity contribution >= 4 is 23.2 Å². The molecule has 0 saturated carbocycles. The van der Waals surface area contributed by atoms with Crippen LogP contribution in [0.3, 0.4) is 0 Å². The molecule has 0 unspecified atom stereocenters. The van der Waals surface area contributed by atoms with Crippen molar-refractivity contribution in [3.05, 3.63) is 120 Å². The van der Waals surface area contributed by atoms with Crippen molar-refractivity contribution in [1.29, 1.82) is 0 Å². The molecule has 0 radical (unpaired) electrons. The molecule has 0 fully saturated rings. The highest BCUT2D eigenvalue weighted by molar-refractivity contribution is 5.93. The molecule has 1 heterocycles. The number of anilines is 1. The van der Waals surface area contributed by atoms with E-state index in [4.69, 9.17) is 10.5 Å². The predicted octanol–water partition coefficient (Wildman–Crippen LogP) is 6.12. The summed E-state index contributed by atoms with van der Waals surface area (Å²) in [6, 6.07) is 32.1. The van der Waals surface area contributed by atoms with E-state index in [-0.39, 0.29) is 12.4 Å². The molecule has 4 rings (SSSR count). The number of hydrogen-bond acceptors (Lipinski definition) is 6. The second-order valence-electron chi connectivity index (χ2n) is 6.37. The van der Waals surface area contributed by atoms with E-state index < -0.39 is 5.97 Å². The van der Waals surface area contributed by atoms with Crippen molar-refractivity contribution < 1.29 is 9.53 Å². The molecule has 0 saturated heterocycles. The van der Waals surface area contributed by atoms with Crippen LogP contribution in [0, 0.1) is 0 Å². The van der Waals surface area contributed by atoms with Gasteiger partial charge >= 0.3 is 5.97 Å². The van der Waals surface area contributed by atoms with Crippen LogP contribution in [0.25, 0.3) is 0 Å². The van der Waals surface area contributed by atoms with Gasteiger partial charge in [0.25, 0.3) is 0 Å². The van der Waals surface area contributed by atoms with Gasteiger partial charge in [0.1, 0.15) is 18.0 Å². The molecule has 154 valence electrons. The van der Waals surface area contributed by atoms with Gasteiger partial charge in [0, 0.05) is 6.20 Å². The molecular weight excluding hydrogens is 388 g/mol. The maximum atomic E-state index is 11.7. The van der Waals surface area contributed by atoms with E-state index in [1.54, 1.807) is 12.1 Å². The fourth-order valence-electron chi connectivity index (χ4n) is 2.50. The summed E-state index contributed by atoms with van der Waals surface area (Å²) in [5.74, 6) is -0.273. The van der Waals surface area contributed by atoms with E-state index in [1.165, 1.54) is 6.20 Å². The molecular formula is C25H22N4O2. The highest BCUT2D eigenvalue weighted by Gasteiger charge is 2.11. The fourth-order valence-corrected chi connectivity index (χ4v) is 2.50. The molecule has 0 bridgehead atoms. The number of carbonyl (C=O) groups is 1. The van der Waals surface area contributed by atoms with Crippen molar-refractivity contribution in [1.82, 2.24) is 4.98 Å². The Morgan fingerprint density at radius 1 is 0.742 bits per heavy atom. The van der Waals surface area contributed by atoms with Gasteiger partial charge in [-0.3, -0.25) is 0 Å². The second kappa shape index (κ2) is 11.6. The Hall–Kier alpha value is -4.32. The van der Waals surface area contributed by atoms with Crippen LogP contribution in [0.1, 0.15) is 15.9 Å². The summed E-state index contributed by atoms with van der Waals surface area (Å²) < 4.78 is 5.14. The van der Waals surface area contributed by atoms with Gasteiger partial charge in [0.05, 0.1) is 11.4 Å². The van der Waals surface area contributed by atoms with E-state index >= 15 is 0 Å². The van der Waals surface area contributed by atoms with Crippen LogP contribution in [-0.2, 0) is 11.3 Å². The zero-order chi connectivity index (χ0) is 21.7. The average Bonchev–Trinajstić information content (AvgIpc) is 2.84. The first-order chi connectivity index (χ1) is 15.2. The number of carbonyl (C=O) groups excluding carboxylic acids is 1. The number of nitrogens with two attached hydrogens (primary N) is 1. The van der Waals surface area contributed by atoms with E-state index in [0.717, 1.165) is 16.9 Å². The number of hydrogen-bond donors (Lipinski definition) is 1. The Balaban J connectivity index is 0.000000179. The second-order valence-corrected chi connectivity index (χ2v) is 6.37. The van der Waals surface area contributed by atoms with Crippen LogP contribution in [0.2, 0.25) is 0 Å². The van der Waals surface area contributed by atoms with Crippen LogP contribution >= 0.6 is 0 Å². The van der Waals surface area contributed by atoms with Gasteiger partial charge < -0.3 is 10.5 Å². The first-order valence-corrected chi connectivity index (χ1v) is 9.66. The van der Waals surface area contributed by atoms with Crippen LogP contribution < -0.4 is 5.73 Å². The molecule has 3 aromatic carbocycles. The molecule has 2 N–H and O–H groups in total. The van der Waals surface area contributed by atoms with Crippen molar-refractivity contribution in [3.8, 4) is 0 Å². The number of benzene rings is 3. The summed E-state index contributed by atoms with van der Waals surface area (Å²) in [5.41, 5.74) is 8.55. The Kier molecular flexibility index (Phi) is 8.02. The van der Waals surface area contributed by atoms with Crippen molar-refractivity contribution in [2.24, 2.45) is 10.2 Å².